The third kappa shape index (κ3) is 3.58. The summed E-state index contributed by atoms with van der Waals surface area (Å²) in [6, 6.07) is 8.37. The van der Waals surface area contributed by atoms with Gasteiger partial charge in [-0.05, 0) is 44.3 Å². The van der Waals surface area contributed by atoms with Crippen LogP contribution in [0.4, 0.5) is 5.69 Å². The fourth-order valence-electron chi connectivity index (χ4n) is 3.83. The number of fused-ring (bicyclic) bond motifs is 2. The molecule has 9 heteroatoms. The summed E-state index contributed by atoms with van der Waals surface area (Å²) in [6.45, 7) is 2.65. The van der Waals surface area contributed by atoms with E-state index < -0.39 is 16.9 Å². The monoisotopic (exact) mass is 441 g/mol. The summed E-state index contributed by atoms with van der Waals surface area (Å²) in [7, 11) is 3.75. The van der Waals surface area contributed by atoms with Crippen LogP contribution in [-0.4, -0.2) is 47.8 Å². The maximum Gasteiger partial charge on any atom is 0.290 e. The van der Waals surface area contributed by atoms with Crippen molar-refractivity contribution in [3.05, 3.63) is 84.2 Å². The number of halogens is 1. The van der Waals surface area contributed by atoms with E-state index in [1.54, 1.807) is 25.1 Å². The van der Waals surface area contributed by atoms with E-state index in [1.807, 2.05) is 19.0 Å². The Morgan fingerprint density at radius 1 is 1.23 bits per heavy atom. The van der Waals surface area contributed by atoms with Gasteiger partial charge >= 0.3 is 0 Å². The number of nitrogens with zero attached hydrogens (tertiary/aromatic N) is 3. The molecule has 0 saturated carbocycles. The lowest BCUT2D eigenvalue weighted by Gasteiger charge is -2.26. The summed E-state index contributed by atoms with van der Waals surface area (Å²) < 4.78 is 5.90. The Labute approximate surface area is 182 Å². The second-order valence-corrected chi connectivity index (χ2v) is 8.24. The van der Waals surface area contributed by atoms with Gasteiger partial charge in [0.25, 0.3) is 11.6 Å². The van der Waals surface area contributed by atoms with Crippen LogP contribution in [0.5, 0.6) is 0 Å². The molecule has 3 aromatic rings. The highest BCUT2D eigenvalue weighted by molar-refractivity contribution is 6.32. The lowest BCUT2D eigenvalue weighted by atomic mass is 9.98. The first-order chi connectivity index (χ1) is 14.7. The minimum Gasteiger partial charge on any atom is -0.450 e. The summed E-state index contributed by atoms with van der Waals surface area (Å²) in [6.07, 6.45) is 0. The largest absolute Gasteiger partial charge is 0.450 e. The Morgan fingerprint density at radius 3 is 2.65 bits per heavy atom. The number of benzene rings is 2. The van der Waals surface area contributed by atoms with E-state index in [4.69, 9.17) is 16.0 Å². The van der Waals surface area contributed by atoms with Gasteiger partial charge in [-0.3, -0.25) is 19.7 Å². The number of nitro benzene ring substituents is 1. The maximum atomic E-state index is 13.5. The van der Waals surface area contributed by atoms with Crippen molar-refractivity contribution in [1.82, 2.24) is 9.80 Å². The van der Waals surface area contributed by atoms with Gasteiger partial charge in [-0.25, -0.2) is 0 Å². The zero-order chi connectivity index (χ0) is 22.4. The van der Waals surface area contributed by atoms with Crippen molar-refractivity contribution in [2.75, 3.05) is 27.2 Å². The molecule has 0 bridgehead atoms. The van der Waals surface area contributed by atoms with E-state index >= 15 is 0 Å². The zero-order valence-electron chi connectivity index (χ0n) is 17.2. The van der Waals surface area contributed by atoms with Gasteiger partial charge in [0.15, 0.2) is 5.43 Å². The van der Waals surface area contributed by atoms with Crippen molar-refractivity contribution >= 4 is 34.2 Å². The molecule has 0 saturated heterocycles. The predicted molar refractivity (Wildman–Crippen MR) is 117 cm³/mol. The van der Waals surface area contributed by atoms with Crippen molar-refractivity contribution in [1.29, 1.82) is 0 Å². The van der Waals surface area contributed by atoms with E-state index in [0.717, 1.165) is 5.56 Å². The van der Waals surface area contributed by atoms with Gasteiger partial charge in [0.2, 0.25) is 5.76 Å². The van der Waals surface area contributed by atoms with Crippen LogP contribution >= 0.6 is 11.6 Å². The van der Waals surface area contributed by atoms with Gasteiger partial charge in [0.05, 0.1) is 21.9 Å². The molecule has 1 amide bonds. The van der Waals surface area contributed by atoms with Crippen molar-refractivity contribution in [3.63, 3.8) is 0 Å². The molecule has 8 nitrogen and oxygen atoms in total. The van der Waals surface area contributed by atoms with E-state index in [0.29, 0.717) is 23.7 Å². The summed E-state index contributed by atoms with van der Waals surface area (Å²) in [5.74, 6) is -0.450. The van der Waals surface area contributed by atoms with Crippen LogP contribution in [0.2, 0.25) is 5.02 Å². The Hall–Kier alpha value is -3.23. The van der Waals surface area contributed by atoms with Gasteiger partial charge in [0, 0.05) is 30.2 Å². The van der Waals surface area contributed by atoms with Crippen LogP contribution in [-0.2, 0) is 0 Å². The standard InChI is InChI=1S/C22H20ClN3O5/c1-12-9-17-15(11-16(12)23)20(27)18-19(13-5-4-6-14(10-13)26(29)30)25(8-7-24(2)3)22(28)21(18)31-17/h4-6,9-11,19H,7-8H2,1-3H3/t19-/m0/s1. The highest BCUT2D eigenvalue weighted by Crippen LogP contribution is 2.39. The number of rotatable bonds is 5. The van der Waals surface area contributed by atoms with E-state index in [9.17, 15) is 19.7 Å². The van der Waals surface area contributed by atoms with Gasteiger partial charge in [-0.1, -0.05) is 23.7 Å². The second-order valence-electron chi connectivity index (χ2n) is 7.83. The normalized spacial score (nSPS) is 15.7. The van der Waals surface area contributed by atoms with Crippen LogP contribution in [0.15, 0.2) is 45.6 Å². The maximum absolute atomic E-state index is 13.5. The Balaban J connectivity index is 1.97. The van der Waals surface area contributed by atoms with E-state index in [2.05, 4.69) is 0 Å². The number of carbonyl (C=O) groups is 1. The van der Waals surface area contributed by atoms with Gasteiger partial charge in [-0.2, -0.15) is 0 Å². The number of non-ortho nitro benzene ring substituents is 1. The molecule has 0 aliphatic carbocycles. The van der Waals surface area contributed by atoms with Crippen LogP contribution in [0.3, 0.4) is 0 Å². The van der Waals surface area contributed by atoms with Crippen molar-refractivity contribution < 1.29 is 14.1 Å². The van der Waals surface area contributed by atoms with Crippen molar-refractivity contribution in [2.24, 2.45) is 0 Å². The minimum atomic E-state index is -0.789. The molecule has 2 aromatic carbocycles. The number of nitro groups is 1. The smallest absolute Gasteiger partial charge is 0.290 e. The lowest BCUT2D eigenvalue weighted by molar-refractivity contribution is -0.384. The Morgan fingerprint density at radius 2 is 1.97 bits per heavy atom. The molecule has 1 aliphatic heterocycles. The molecule has 0 spiro atoms. The van der Waals surface area contributed by atoms with E-state index in [1.165, 1.54) is 23.1 Å². The SMILES string of the molecule is Cc1cc2oc3c(c(=O)c2cc1Cl)[C@H](c1cccc([N+](=O)[O-])c1)N(CCN(C)C)C3=O. The molecule has 0 N–H and O–H groups in total. The summed E-state index contributed by atoms with van der Waals surface area (Å²) in [5, 5.41) is 12.0. The Bertz CT molecular complexity index is 1280. The van der Waals surface area contributed by atoms with E-state index in [-0.39, 0.29) is 33.4 Å². The molecular weight excluding hydrogens is 422 g/mol. The number of hydrogen-bond donors (Lipinski definition) is 0. The summed E-state index contributed by atoms with van der Waals surface area (Å²) >= 11 is 6.22. The first-order valence-electron chi connectivity index (χ1n) is 9.66. The zero-order valence-corrected chi connectivity index (χ0v) is 18.0. The molecule has 1 atom stereocenters. The van der Waals surface area contributed by atoms with Crippen LogP contribution in [0.25, 0.3) is 11.0 Å². The number of likely N-dealkylation sites (N-methyl/N-ethyl adjacent to an activating group) is 1. The fraction of sp³-hybridized carbons (Fsp3) is 0.273. The third-order valence-corrected chi connectivity index (χ3v) is 5.84. The van der Waals surface area contributed by atoms with Crippen LogP contribution < -0.4 is 5.43 Å². The molecular formula is C22H20ClN3O5. The molecule has 31 heavy (non-hydrogen) atoms. The topological polar surface area (TPSA) is 96.9 Å². The number of aryl methyl sites for hydroxylation is 1. The van der Waals surface area contributed by atoms with Crippen molar-refractivity contribution in [3.8, 4) is 0 Å². The first-order valence-corrected chi connectivity index (χ1v) is 10.0. The quantitative estimate of drug-likeness (QED) is 0.441. The second kappa shape index (κ2) is 7.79. The molecule has 2 heterocycles. The van der Waals surface area contributed by atoms with Crippen LogP contribution in [0.1, 0.15) is 33.3 Å². The third-order valence-electron chi connectivity index (χ3n) is 5.43. The van der Waals surface area contributed by atoms with Gasteiger partial charge in [-0.15, -0.1) is 0 Å². The first kappa shape index (κ1) is 21.0. The highest BCUT2D eigenvalue weighted by atomic mass is 35.5. The van der Waals surface area contributed by atoms with Gasteiger partial charge in [0.1, 0.15) is 5.58 Å². The number of amides is 1. The highest BCUT2D eigenvalue weighted by Gasteiger charge is 2.43. The predicted octanol–water partition coefficient (Wildman–Crippen LogP) is 3.77. The number of hydrogen-bond acceptors (Lipinski definition) is 6. The van der Waals surface area contributed by atoms with Crippen molar-refractivity contribution in [2.45, 2.75) is 13.0 Å². The summed E-state index contributed by atoms with van der Waals surface area (Å²) in [5.41, 5.74) is 1.18. The fourth-order valence-corrected chi connectivity index (χ4v) is 4.00. The average molecular weight is 442 g/mol. The molecule has 1 aliphatic rings. The summed E-state index contributed by atoms with van der Waals surface area (Å²) in [4.78, 5) is 41.0. The average Bonchev–Trinajstić information content (AvgIpc) is 3.00. The molecule has 4 rings (SSSR count). The lowest BCUT2D eigenvalue weighted by Crippen LogP contribution is -2.35. The molecule has 0 fully saturated rings. The number of carbonyl (C=O) groups excluding carboxylic acids is 1. The van der Waals surface area contributed by atoms with Crippen LogP contribution in [0, 0.1) is 17.0 Å². The molecule has 1 aromatic heterocycles. The minimum absolute atomic E-state index is 0.0329. The Kier molecular flexibility index (Phi) is 5.28. The van der Waals surface area contributed by atoms with Gasteiger partial charge < -0.3 is 14.2 Å². The molecule has 160 valence electrons. The molecule has 0 radical (unpaired) electrons. The molecule has 0 unspecified atom stereocenters.